The first-order valence-electron chi connectivity index (χ1n) is 4.90. The molecule has 5 nitrogen and oxygen atoms in total. The van der Waals surface area contributed by atoms with Gasteiger partial charge in [0.25, 0.3) is 0 Å². The van der Waals surface area contributed by atoms with Crippen LogP contribution in [0.15, 0.2) is 24.3 Å². The molecule has 0 bridgehead atoms. The van der Waals surface area contributed by atoms with Gasteiger partial charge in [-0.15, -0.1) is 0 Å². The number of aliphatic carboxylic acids is 1. The third-order valence-corrected chi connectivity index (χ3v) is 3.90. The number of carboxylic acid groups (broad SMARTS) is 1. The molecule has 1 amide bonds. The van der Waals surface area contributed by atoms with Gasteiger partial charge in [0.05, 0.1) is 0 Å². The summed E-state index contributed by atoms with van der Waals surface area (Å²) >= 11 is 0. The number of hydrogen-bond acceptors (Lipinski definition) is 3. The first kappa shape index (κ1) is 13.4. The Balaban J connectivity index is 2.73. The molecule has 0 aromatic heterocycles. The highest BCUT2D eigenvalue weighted by atomic mass is 32.2. The Hall–Kier alpha value is -1.69. The molecule has 0 heterocycles. The third kappa shape index (κ3) is 3.67. The fourth-order valence-electron chi connectivity index (χ4n) is 1.17. The Kier molecular flexibility index (Phi) is 4.39. The summed E-state index contributed by atoms with van der Waals surface area (Å²) in [5, 5.41) is 7.78. The molecular formula is C11H13NO4S. The molecule has 6 heteroatoms. The second kappa shape index (κ2) is 5.58. The second-order valence-electron chi connectivity index (χ2n) is 3.57. The van der Waals surface area contributed by atoms with Crippen LogP contribution >= 0.6 is 0 Å². The van der Waals surface area contributed by atoms with Crippen LogP contribution in [0.1, 0.15) is 22.8 Å². The number of rotatable bonds is 5. The van der Waals surface area contributed by atoms with Crippen molar-refractivity contribution in [2.24, 2.45) is 5.73 Å². The first-order chi connectivity index (χ1) is 7.91. The minimum atomic E-state index is -1.48. The number of amides is 1. The fraction of sp³-hybridized carbons (Fsp3) is 0.273. The predicted octanol–water partition coefficient (Wildman–Crippen LogP) is 0.507. The minimum absolute atomic E-state index is 0.145. The molecule has 0 aliphatic carbocycles. The van der Waals surface area contributed by atoms with Gasteiger partial charge >= 0.3 is 5.97 Å². The van der Waals surface area contributed by atoms with Crippen LogP contribution in [0.25, 0.3) is 0 Å². The van der Waals surface area contributed by atoms with Crippen LogP contribution in [-0.2, 0) is 21.3 Å². The van der Waals surface area contributed by atoms with Gasteiger partial charge in [-0.05, 0) is 24.6 Å². The number of hydrogen-bond donors (Lipinski definition) is 2. The third-order valence-electron chi connectivity index (χ3n) is 2.29. The predicted molar refractivity (Wildman–Crippen MR) is 63.9 cm³/mol. The van der Waals surface area contributed by atoms with Crippen LogP contribution in [-0.4, -0.2) is 26.4 Å². The number of nitrogens with two attached hydrogens (primary N) is 1. The summed E-state index contributed by atoms with van der Waals surface area (Å²) in [5.41, 5.74) is 6.15. The molecule has 2 unspecified atom stereocenters. The van der Waals surface area contributed by atoms with Gasteiger partial charge in [-0.3, -0.25) is 13.8 Å². The van der Waals surface area contributed by atoms with Gasteiger partial charge in [0, 0.05) is 22.1 Å². The van der Waals surface area contributed by atoms with E-state index in [1.807, 2.05) is 0 Å². The standard InChI is InChI=1S/C11H13NO4S/c1-7(11(14)15)17(16)6-8-2-4-9(5-3-8)10(12)13/h2-5,7H,6H2,1H3,(H2,12,13)(H,14,15). The van der Waals surface area contributed by atoms with Crippen LogP contribution in [0.3, 0.4) is 0 Å². The smallest absolute Gasteiger partial charge is 0.318 e. The molecule has 2 atom stereocenters. The zero-order valence-corrected chi connectivity index (χ0v) is 10.1. The van der Waals surface area contributed by atoms with E-state index in [0.29, 0.717) is 11.1 Å². The molecule has 0 fully saturated rings. The SMILES string of the molecule is CC(C(=O)O)S(=O)Cc1ccc(C(N)=O)cc1. The van der Waals surface area contributed by atoms with E-state index in [1.165, 1.54) is 19.1 Å². The van der Waals surface area contributed by atoms with E-state index in [1.54, 1.807) is 12.1 Å². The van der Waals surface area contributed by atoms with Crippen molar-refractivity contribution in [3.05, 3.63) is 35.4 Å². The van der Waals surface area contributed by atoms with Crippen LogP contribution in [0, 0.1) is 0 Å². The van der Waals surface area contributed by atoms with Crippen LogP contribution < -0.4 is 5.73 Å². The molecule has 0 aliphatic rings. The van der Waals surface area contributed by atoms with Crippen molar-refractivity contribution < 1.29 is 18.9 Å². The normalized spacial score (nSPS) is 13.9. The molecule has 0 radical (unpaired) electrons. The fourth-order valence-corrected chi connectivity index (χ4v) is 2.16. The lowest BCUT2D eigenvalue weighted by Crippen LogP contribution is -2.22. The highest BCUT2D eigenvalue weighted by Crippen LogP contribution is 2.09. The Morgan fingerprint density at radius 3 is 2.29 bits per heavy atom. The van der Waals surface area contributed by atoms with Gasteiger partial charge in [0.1, 0.15) is 5.25 Å². The molecule has 17 heavy (non-hydrogen) atoms. The summed E-state index contributed by atoms with van der Waals surface area (Å²) in [5.74, 6) is -1.47. The van der Waals surface area contributed by atoms with Gasteiger partial charge in [-0.2, -0.15) is 0 Å². The van der Waals surface area contributed by atoms with Crippen LogP contribution in [0.5, 0.6) is 0 Å². The van der Waals surface area contributed by atoms with Gasteiger partial charge in [0.2, 0.25) is 5.91 Å². The van der Waals surface area contributed by atoms with Crippen molar-refractivity contribution in [1.82, 2.24) is 0 Å². The average molecular weight is 255 g/mol. The van der Waals surface area contributed by atoms with Gasteiger partial charge in [-0.1, -0.05) is 12.1 Å². The number of benzene rings is 1. The minimum Gasteiger partial charge on any atom is -0.480 e. The zero-order valence-electron chi connectivity index (χ0n) is 9.25. The number of carbonyl (C=O) groups excluding carboxylic acids is 1. The van der Waals surface area contributed by atoms with Crippen molar-refractivity contribution in [2.75, 3.05) is 0 Å². The lowest BCUT2D eigenvalue weighted by atomic mass is 10.1. The maximum atomic E-state index is 11.6. The molecule has 0 aliphatic heterocycles. The van der Waals surface area contributed by atoms with Gasteiger partial charge < -0.3 is 10.8 Å². The van der Waals surface area contributed by atoms with Crippen molar-refractivity contribution in [3.8, 4) is 0 Å². The highest BCUT2D eigenvalue weighted by Gasteiger charge is 2.18. The summed E-state index contributed by atoms with van der Waals surface area (Å²) < 4.78 is 11.6. The van der Waals surface area contributed by atoms with E-state index in [0.717, 1.165) is 0 Å². The van der Waals surface area contributed by atoms with Crippen LogP contribution in [0.4, 0.5) is 0 Å². The number of carboxylic acids is 1. The number of primary amides is 1. The topological polar surface area (TPSA) is 97.5 Å². The van der Waals surface area contributed by atoms with E-state index in [9.17, 15) is 13.8 Å². The molecule has 3 N–H and O–H groups in total. The maximum Gasteiger partial charge on any atom is 0.318 e. The van der Waals surface area contributed by atoms with Crippen molar-refractivity contribution in [3.63, 3.8) is 0 Å². The molecule has 1 aromatic rings. The summed E-state index contributed by atoms with van der Waals surface area (Å²) in [6, 6.07) is 6.29. The summed E-state index contributed by atoms with van der Waals surface area (Å²) in [7, 11) is -1.48. The summed E-state index contributed by atoms with van der Waals surface area (Å²) in [4.78, 5) is 21.4. The highest BCUT2D eigenvalue weighted by molar-refractivity contribution is 7.85. The molecule has 92 valence electrons. The van der Waals surface area contributed by atoms with E-state index in [2.05, 4.69) is 0 Å². The molecule has 1 rings (SSSR count). The Morgan fingerprint density at radius 1 is 1.35 bits per heavy atom. The molecule has 1 aromatic carbocycles. The van der Waals surface area contributed by atoms with Crippen molar-refractivity contribution in [1.29, 1.82) is 0 Å². The zero-order chi connectivity index (χ0) is 13.0. The quantitative estimate of drug-likeness (QED) is 0.800. The average Bonchev–Trinajstić information content (AvgIpc) is 2.28. The van der Waals surface area contributed by atoms with Crippen LogP contribution in [0.2, 0.25) is 0 Å². The Morgan fingerprint density at radius 2 is 1.88 bits per heavy atom. The maximum absolute atomic E-state index is 11.6. The monoisotopic (exact) mass is 255 g/mol. The van der Waals surface area contributed by atoms with E-state index >= 15 is 0 Å². The van der Waals surface area contributed by atoms with E-state index in [-0.39, 0.29) is 5.75 Å². The lowest BCUT2D eigenvalue weighted by Gasteiger charge is -2.06. The van der Waals surface area contributed by atoms with Crippen molar-refractivity contribution >= 4 is 22.7 Å². The molecule has 0 saturated heterocycles. The molecular weight excluding hydrogens is 242 g/mol. The summed E-state index contributed by atoms with van der Waals surface area (Å²) in [6.45, 7) is 1.40. The summed E-state index contributed by atoms with van der Waals surface area (Å²) in [6.07, 6.45) is 0. The Bertz CT molecular complexity index is 455. The van der Waals surface area contributed by atoms with Gasteiger partial charge in [-0.25, -0.2) is 0 Å². The van der Waals surface area contributed by atoms with E-state index in [4.69, 9.17) is 10.8 Å². The van der Waals surface area contributed by atoms with Crippen molar-refractivity contribution in [2.45, 2.75) is 17.9 Å². The molecule has 0 spiro atoms. The van der Waals surface area contributed by atoms with E-state index < -0.39 is 27.9 Å². The molecule has 0 saturated carbocycles. The first-order valence-corrected chi connectivity index (χ1v) is 6.28. The number of carbonyl (C=O) groups is 2. The second-order valence-corrected chi connectivity index (χ2v) is 5.32. The lowest BCUT2D eigenvalue weighted by molar-refractivity contribution is -0.136. The largest absolute Gasteiger partial charge is 0.480 e. The van der Waals surface area contributed by atoms with Gasteiger partial charge in [0.15, 0.2) is 0 Å². The Labute approximate surface area is 101 Å².